The van der Waals surface area contributed by atoms with Crippen molar-refractivity contribution in [3.8, 4) is 0 Å². The molecule has 0 unspecified atom stereocenters. The zero-order valence-corrected chi connectivity index (χ0v) is 16.2. The average molecular weight is 403 g/mol. The van der Waals surface area contributed by atoms with E-state index >= 15 is 0 Å². The van der Waals surface area contributed by atoms with Crippen molar-refractivity contribution in [3.63, 3.8) is 0 Å². The monoisotopic (exact) mass is 402 g/mol. The molecule has 0 saturated heterocycles. The predicted octanol–water partition coefficient (Wildman–Crippen LogP) is 5.30. The number of carbonyl (C=O) groups is 1. The summed E-state index contributed by atoms with van der Waals surface area (Å²) in [5.41, 5.74) is -1.49. The van der Waals surface area contributed by atoms with Crippen molar-refractivity contribution in [3.05, 3.63) is 46.7 Å². The molecule has 1 amide bonds. The zero-order chi connectivity index (χ0) is 20.6. The van der Waals surface area contributed by atoms with Gasteiger partial charge in [0.15, 0.2) is 5.69 Å². The summed E-state index contributed by atoms with van der Waals surface area (Å²) in [5, 5.41) is 5.47. The van der Waals surface area contributed by atoms with Gasteiger partial charge in [-0.15, -0.1) is 0 Å². The first kappa shape index (κ1) is 22.7. The predicted molar refractivity (Wildman–Crippen MR) is 100 cm³/mol. The number of hydrogen-bond acceptors (Lipinski definition) is 4. The van der Waals surface area contributed by atoms with Gasteiger partial charge in [-0.2, -0.15) is 13.2 Å². The standard InChI is InChI=1S/C16H16ClF3N4O.C2H6/c1-9(2)7-21-14(25)12-8-22-15(24-13(12)16(18,19)20)23-11-5-3-4-10(17)6-11;1-2/h3-6,8-9H,7H2,1-2H3,(H,21,25)(H,22,23,24);1-2H3. The van der Waals surface area contributed by atoms with Gasteiger partial charge in [-0.3, -0.25) is 4.79 Å². The maximum Gasteiger partial charge on any atom is 0.434 e. The number of aromatic nitrogens is 2. The summed E-state index contributed by atoms with van der Waals surface area (Å²) in [5.74, 6) is -1.05. The average Bonchev–Trinajstić information content (AvgIpc) is 2.60. The van der Waals surface area contributed by atoms with Crippen molar-refractivity contribution < 1.29 is 18.0 Å². The van der Waals surface area contributed by atoms with E-state index in [1.165, 1.54) is 6.07 Å². The Bertz CT molecular complexity index is 767. The fourth-order valence-corrected chi connectivity index (χ4v) is 2.10. The number of nitrogens with zero attached hydrogens (tertiary/aromatic N) is 2. The SMILES string of the molecule is CC.CC(C)CNC(=O)c1cnc(Nc2cccc(Cl)c2)nc1C(F)(F)F. The molecule has 5 nitrogen and oxygen atoms in total. The highest BCUT2D eigenvalue weighted by Crippen LogP contribution is 2.31. The van der Waals surface area contributed by atoms with E-state index in [0.717, 1.165) is 6.20 Å². The Balaban J connectivity index is 0.00000176. The Labute approximate surface area is 161 Å². The zero-order valence-electron chi connectivity index (χ0n) is 15.5. The van der Waals surface area contributed by atoms with E-state index < -0.39 is 23.3 Å². The number of alkyl halides is 3. The van der Waals surface area contributed by atoms with Gasteiger partial charge < -0.3 is 10.6 Å². The molecule has 1 aromatic carbocycles. The van der Waals surface area contributed by atoms with Gasteiger partial charge in [0.05, 0.1) is 5.56 Å². The molecule has 0 saturated carbocycles. The second-order valence-corrected chi connectivity index (χ2v) is 6.13. The number of halogens is 4. The van der Waals surface area contributed by atoms with Crippen LogP contribution in [0.3, 0.4) is 0 Å². The molecule has 0 aliphatic rings. The molecule has 148 valence electrons. The van der Waals surface area contributed by atoms with E-state index in [1.54, 1.807) is 18.2 Å². The molecule has 0 atom stereocenters. The Morgan fingerprint density at radius 3 is 2.48 bits per heavy atom. The molecule has 27 heavy (non-hydrogen) atoms. The summed E-state index contributed by atoms with van der Waals surface area (Å²) in [6.45, 7) is 7.91. The first-order valence-electron chi connectivity index (χ1n) is 8.42. The van der Waals surface area contributed by atoms with E-state index in [4.69, 9.17) is 11.6 Å². The molecule has 0 aliphatic heterocycles. The molecule has 0 fully saturated rings. The largest absolute Gasteiger partial charge is 0.434 e. The Morgan fingerprint density at radius 1 is 1.26 bits per heavy atom. The van der Waals surface area contributed by atoms with Crippen molar-refractivity contribution in [1.29, 1.82) is 0 Å². The van der Waals surface area contributed by atoms with Crippen LogP contribution in [0.15, 0.2) is 30.5 Å². The summed E-state index contributed by atoms with van der Waals surface area (Å²) >= 11 is 5.83. The van der Waals surface area contributed by atoms with E-state index in [-0.39, 0.29) is 18.4 Å². The normalized spacial score (nSPS) is 10.9. The minimum absolute atomic E-state index is 0.1000. The summed E-state index contributed by atoms with van der Waals surface area (Å²) < 4.78 is 39.8. The van der Waals surface area contributed by atoms with Crippen molar-refractivity contribution in [1.82, 2.24) is 15.3 Å². The smallest absolute Gasteiger partial charge is 0.352 e. The maximum atomic E-state index is 13.3. The van der Waals surface area contributed by atoms with Crippen LogP contribution >= 0.6 is 11.6 Å². The number of carbonyl (C=O) groups excluding carboxylic acids is 1. The first-order chi connectivity index (χ1) is 12.7. The van der Waals surface area contributed by atoms with Crippen molar-refractivity contribution in [2.75, 3.05) is 11.9 Å². The van der Waals surface area contributed by atoms with Crippen LogP contribution in [0.5, 0.6) is 0 Å². The number of hydrogen-bond donors (Lipinski definition) is 2. The van der Waals surface area contributed by atoms with Gasteiger partial charge in [-0.1, -0.05) is 45.4 Å². The lowest BCUT2D eigenvalue weighted by Crippen LogP contribution is -2.30. The van der Waals surface area contributed by atoms with E-state index in [9.17, 15) is 18.0 Å². The minimum Gasteiger partial charge on any atom is -0.352 e. The van der Waals surface area contributed by atoms with E-state index in [0.29, 0.717) is 10.7 Å². The number of rotatable bonds is 5. The van der Waals surface area contributed by atoms with Crippen molar-refractivity contribution in [2.24, 2.45) is 5.92 Å². The third-order valence-electron chi connectivity index (χ3n) is 3.05. The Hall–Kier alpha value is -2.35. The number of benzene rings is 1. The molecule has 0 bridgehead atoms. The fourth-order valence-electron chi connectivity index (χ4n) is 1.91. The van der Waals surface area contributed by atoms with Crippen LogP contribution in [0.4, 0.5) is 24.8 Å². The molecule has 0 spiro atoms. The van der Waals surface area contributed by atoms with Crippen LogP contribution in [0, 0.1) is 5.92 Å². The molecule has 2 rings (SSSR count). The van der Waals surface area contributed by atoms with Gasteiger partial charge >= 0.3 is 6.18 Å². The topological polar surface area (TPSA) is 66.9 Å². The lowest BCUT2D eigenvalue weighted by Gasteiger charge is -2.14. The maximum absolute atomic E-state index is 13.3. The summed E-state index contributed by atoms with van der Waals surface area (Å²) in [7, 11) is 0. The van der Waals surface area contributed by atoms with Crippen LogP contribution in [0.25, 0.3) is 0 Å². The number of anilines is 2. The second kappa shape index (κ2) is 10.1. The van der Waals surface area contributed by atoms with Crippen molar-refractivity contribution >= 4 is 29.1 Å². The summed E-state index contributed by atoms with van der Waals surface area (Å²) in [6, 6.07) is 6.37. The van der Waals surface area contributed by atoms with Crippen LogP contribution in [-0.4, -0.2) is 22.4 Å². The van der Waals surface area contributed by atoms with Crippen LogP contribution in [0.2, 0.25) is 5.02 Å². The summed E-state index contributed by atoms with van der Waals surface area (Å²) in [4.78, 5) is 19.3. The van der Waals surface area contributed by atoms with Crippen LogP contribution in [0.1, 0.15) is 43.7 Å². The molecular formula is C18H22ClF3N4O. The van der Waals surface area contributed by atoms with Gasteiger partial charge in [0, 0.05) is 23.5 Å². The highest BCUT2D eigenvalue weighted by Gasteiger charge is 2.38. The minimum atomic E-state index is -4.79. The van der Waals surface area contributed by atoms with E-state index in [1.807, 2.05) is 27.7 Å². The Kier molecular flexibility index (Phi) is 8.49. The van der Waals surface area contributed by atoms with Gasteiger partial charge in [0.1, 0.15) is 0 Å². The number of nitrogens with one attached hydrogen (secondary N) is 2. The molecule has 0 aliphatic carbocycles. The van der Waals surface area contributed by atoms with Gasteiger partial charge in [-0.25, -0.2) is 9.97 Å². The van der Waals surface area contributed by atoms with Crippen LogP contribution in [-0.2, 0) is 6.18 Å². The molecule has 0 radical (unpaired) electrons. The quantitative estimate of drug-likeness (QED) is 0.711. The van der Waals surface area contributed by atoms with Crippen LogP contribution < -0.4 is 10.6 Å². The van der Waals surface area contributed by atoms with Gasteiger partial charge in [0.2, 0.25) is 5.95 Å². The lowest BCUT2D eigenvalue weighted by atomic mass is 10.2. The van der Waals surface area contributed by atoms with E-state index in [2.05, 4.69) is 20.6 Å². The molecule has 9 heteroatoms. The molecule has 2 N–H and O–H groups in total. The third kappa shape index (κ3) is 7.05. The fraction of sp³-hybridized carbons (Fsp3) is 0.389. The molecular weight excluding hydrogens is 381 g/mol. The first-order valence-corrected chi connectivity index (χ1v) is 8.79. The van der Waals surface area contributed by atoms with Gasteiger partial charge in [-0.05, 0) is 24.1 Å². The number of amides is 1. The molecule has 1 heterocycles. The van der Waals surface area contributed by atoms with Crippen molar-refractivity contribution in [2.45, 2.75) is 33.9 Å². The molecule has 1 aromatic heterocycles. The summed E-state index contributed by atoms with van der Waals surface area (Å²) in [6.07, 6.45) is -3.93. The Morgan fingerprint density at radius 2 is 1.93 bits per heavy atom. The highest BCUT2D eigenvalue weighted by atomic mass is 35.5. The third-order valence-corrected chi connectivity index (χ3v) is 3.29. The lowest BCUT2D eigenvalue weighted by molar-refractivity contribution is -0.141. The highest BCUT2D eigenvalue weighted by molar-refractivity contribution is 6.30. The van der Waals surface area contributed by atoms with Gasteiger partial charge in [0.25, 0.3) is 5.91 Å². The molecule has 2 aromatic rings. The second-order valence-electron chi connectivity index (χ2n) is 5.69.